The number of nitrogens with one attached hydrogen (secondary N) is 1. The van der Waals surface area contributed by atoms with Gasteiger partial charge in [0.1, 0.15) is 5.65 Å². The summed E-state index contributed by atoms with van der Waals surface area (Å²) in [6, 6.07) is 21.2. The quantitative estimate of drug-likeness (QED) is 0.294. The molecule has 6 rings (SSSR count). The molecule has 1 saturated heterocycles. The molecule has 0 atom stereocenters. The minimum Gasteiger partial charge on any atom is -0.368 e. The number of ketones is 1. The summed E-state index contributed by atoms with van der Waals surface area (Å²) in [6.07, 6.45) is 0. The highest BCUT2D eigenvalue weighted by Crippen LogP contribution is 2.25. The van der Waals surface area contributed by atoms with Crippen molar-refractivity contribution in [2.75, 3.05) is 31.1 Å². The fourth-order valence-electron chi connectivity index (χ4n) is 4.82. The van der Waals surface area contributed by atoms with E-state index in [-0.39, 0.29) is 11.7 Å². The van der Waals surface area contributed by atoms with E-state index < -0.39 is 0 Å². The number of imidazole rings is 1. The van der Waals surface area contributed by atoms with Crippen molar-refractivity contribution in [1.29, 1.82) is 0 Å². The number of Topliss-reactive ketones (excluding diaryl/α,β-unsaturated/α-hetero) is 1. The molecule has 3 aromatic carbocycles. The molecule has 174 valence electrons. The number of hydrogen-bond donors (Lipinski definition) is 1. The second kappa shape index (κ2) is 8.32. The highest BCUT2D eigenvalue weighted by atomic mass is 32.1. The molecule has 0 bridgehead atoms. The number of para-hydroxylation sites is 2. The Balaban J connectivity index is 1.25. The summed E-state index contributed by atoms with van der Waals surface area (Å²) in [7, 11) is 0. The molecule has 0 saturated carbocycles. The van der Waals surface area contributed by atoms with Gasteiger partial charge in [-0.3, -0.25) is 14.0 Å². The molecule has 1 aliphatic rings. The van der Waals surface area contributed by atoms with Crippen LogP contribution in [-0.2, 0) is 0 Å². The van der Waals surface area contributed by atoms with E-state index in [0.29, 0.717) is 29.0 Å². The summed E-state index contributed by atoms with van der Waals surface area (Å²) >= 11 is 5.63. The fourth-order valence-corrected chi connectivity index (χ4v) is 5.11. The number of aromatic amines is 1. The van der Waals surface area contributed by atoms with Crippen LogP contribution in [0.1, 0.15) is 27.6 Å². The van der Waals surface area contributed by atoms with Gasteiger partial charge in [0.2, 0.25) is 0 Å². The van der Waals surface area contributed by atoms with Crippen LogP contribution in [0.4, 0.5) is 5.69 Å². The molecule has 8 heteroatoms. The summed E-state index contributed by atoms with van der Waals surface area (Å²) in [5.41, 5.74) is 5.83. The summed E-state index contributed by atoms with van der Waals surface area (Å²) < 4.78 is 2.49. The smallest absolute Gasteiger partial charge is 0.254 e. The van der Waals surface area contributed by atoms with Crippen LogP contribution in [-0.4, -0.2) is 57.1 Å². The molecule has 1 amide bonds. The molecule has 35 heavy (non-hydrogen) atoms. The number of carbonyl (C=O) groups is 2. The summed E-state index contributed by atoms with van der Waals surface area (Å²) in [4.78, 5) is 37.0. The average molecular weight is 482 g/mol. The van der Waals surface area contributed by atoms with Crippen LogP contribution < -0.4 is 4.90 Å². The third-order valence-corrected chi connectivity index (χ3v) is 7.00. The molecule has 3 heterocycles. The zero-order valence-corrected chi connectivity index (χ0v) is 20.0. The van der Waals surface area contributed by atoms with E-state index in [1.165, 1.54) is 0 Å². The molecular formula is C27H23N5O2S. The number of piperazine rings is 1. The Kier molecular flexibility index (Phi) is 5.11. The third-order valence-electron chi connectivity index (χ3n) is 6.72. The maximum Gasteiger partial charge on any atom is 0.254 e. The van der Waals surface area contributed by atoms with Crippen molar-refractivity contribution in [3.05, 3.63) is 82.6 Å². The van der Waals surface area contributed by atoms with E-state index in [4.69, 9.17) is 17.2 Å². The molecule has 1 fully saturated rings. The topological polar surface area (TPSA) is 73.7 Å². The Morgan fingerprint density at radius 3 is 2.37 bits per heavy atom. The molecule has 0 aliphatic carbocycles. The van der Waals surface area contributed by atoms with Gasteiger partial charge in [-0.2, -0.15) is 0 Å². The Labute approximate surface area is 206 Å². The molecule has 7 nitrogen and oxygen atoms in total. The lowest BCUT2D eigenvalue weighted by molar-refractivity contribution is 0.0746. The first kappa shape index (κ1) is 21.5. The van der Waals surface area contributed by atoms with Crippen LogP contribution in [0.2, 0.25) is 0 Å². The number of anilines is 1. The standard InChI is InChI=1S/C27H23N5O2S/c1-17(33)18-6-9-20(10-7-18)30-12-14-31(15-13-30)26(34)19-8-11-21-23(16-19)29-27(35)32-24-5-3-2-4-22(24)28-25(21)32/h2-11,16H,12-15H2,1H3,(H,29,35). The molecule has 0 radical (unpaired) electrons. The first-order chi connectivity index (χ1) is 17.0. The maximum absolute atomic E-state index is 13.3. The predicted molar refractivity (Wildman–Crippen MR) is 140 cm³/mol. The number of benzene rings is 3. The normalized spacial score (nSPS) is 14.2. The number of amides is 1. The Bertz CT molecular complexity index is 1680. The van der Waals surface area contributed by atoms with Gasteiger partial charge in [0.25, 0.3) is 5.91 Å². The predicted octanol–water partition coefficient (Wildman–Crippen LogP) is 4.86. The van der Waals surface area contributed by atoms with E-state index in [9.17, 15) is 9.59 Å². The van der Waals surface area contributed by atoms with Crippen LogP contribution >= 0.6 is 12.2 Å². The number of nitrogens with zero attached hydrogens (tertiary/aromatic N) is 4. The lowest BCUT2D eigenvalue weighted by atomic mass is 10.1. The molecule has 1 aliphatic heterocycles. The first-order valence-electron chi connectivity index (χ1n) is 11.6. The van der Waals surface area contributed by atoms with E-state index in [1.54, 1.807) is 6.92 Å². The molecule has 5 aromatic rings. The van der Waals surface area contributed by atoms with Gasteiger partial charge in [-0.05, 0) is 73.7 Å². The minimum absolute atomic E-state index is 0.00572. The third kappa shape index (κ3) is 3.66. The van der Waals surface area contributed by atoms with Crippen LogP contribution in [0.5, 0.6) is 0 Å². The monoisotopic (exact) mass is 481 g/mol. The highest BCUT2D eigenvalue weighted by molar-refractivity contribution is 7.71. The zero-order valence-electron chi connectivity index (χ0n) is 19.2. The first-order valence-corrected chi connectivity index (χ1v) is 12.0. The molecule has 2 aromatic heterocycles. The number of fused-ring (bicyclic) bond motifs is 5. The second-order valence-corrected chi connectivity index (χ2v) is 9.22. The highest BCUT2D eigenvalue weighted by Gasteiger charge is 2.23. The van der Waals surface area contributed by atoms with Gasteiger partial charge in [0.15, 0.2) is 10.6 Å². The number of H-pyrrole nitrogens is 1. The Morgan fingerprint density at radius 2 is 1.63 bits per heavy atom. The van der Waals surface area contributed by atoms with Gasteiger partial charge in [-0.25, -0.2) is 4.98 Å². The van der Waals surface area contributed by atoms with Crippen LogP contribution in [0.25, 0.3) is 27.6 Å². The lowest BCUT2D eigenvalue weighted by Gasteiger charge is -2.36. The van der Waals surface area contributed by atoms with Crippen LogP contribution in [0, 0.1) is 4.77 Å². The van der Waals surface area contributed by atoms with Gasteiger partial charge in [-0.1, -0.05) is 12.1 Å². The Hall–Kier alpha value is -4.04. The van der Waals surface area contributed by atoms with Crippen molar-refractivity contribution in [3.8, 4) is 0 Å². The van der Waals surface area contributed by atoms with Gasteiger partial charge in [0.05, 0.1) is 16.6 Å². The van der Waals surface area contributed by atoms with Crippen LogP contribution in [0.15, 0.2) is 66.7 Å². The minimum atomic E-state index is 0.00572. The van der Waals surface area contributed by atoms with Gasteiger partial charge in [0, 0.05) is 48.4 Å². The summed E-state index contributed by atoms with van der Waals surface area (Å²) in [5, 5.41) is 0.921. The molecule has 0 unspecified atom stereocenters. The molecule has 0 spiro atoms. The van der Waals surface area contributed by atoms with E-state index in [0.717, 1.165) is 46.4 Å². The van der Waals surface area contributed by atoms with Crippen molar-refractivity contribution in [2.24, 2.45) is 0 Å². The van der Waals surface area contributed by atoms with E-state index >= 15 is 0 Å². The maximum atomic E-state index is 13.3. The van der Waals surface area contributed by atoms with Gasteiger partial charge < -0.3 is 14.8 Å². The number of carbonyl (C=O) groups excluding carboxylic acids is 2. The fraction of sp³-hybridized carbons (Fsp3) is 0.185. The van der Waals surface area contributed by atoms with Gasteiger partial charge >= 0.3 is 0 Å². The van der Waals surface area contributed by atoms with Crippen molar-refractivity contribution < 1.29 is 9.59 Å². The Morgan fingerprint density at radius 1 is 0.914 bits per heavy atom. The number of hydrogen-bond acceptors (Lipinski definition) is 5. The van der Waals surface area contributed by atoms with Crippen LogP contribution in [0.3, 0.4) is 0 Å². The van der Waals surface area contributed by atoms with E-state index in [2.05, 4.69) is 9.88 Å². The summed E-state index contributed by atoms with van der Waals surface area (Å²) in [6.45, 7) is 4.31. The van der Waals surface area contributed by atoms with E-state index in [1.807, 2.05) is 76.0 Å². The van der Waals surface area contributed by atoms with Crippen molar-refractivity contribution in [1.82, 2.24) is 19.3 Å². The van der Waals surface area contributed by atoms with Crippen molar-refractivity contribution in [3.63, 3.8) is 0 Å². The van der Waals surface area contributed by atoms with Gasteiger partial charge in [-0.15, -0.1) is 0 Å². The van der Waals surface area contributed by atoms with Crippen molar-refractivity contribution >= 4 is 57.2 Å². The number of rotatable bonds is 3. The lowest BCUT2D eigenvalue weighted by Crippen LogP contribution is -2.48. The second-order valence-electron chi connectivity index (χ2n) is 8.83. The largest absolute Gasteiger partial charge is 0.368 e. The average Bonchev–Trinajstić information content (AvgIpc) is 3.29. The molecule has 1 N–H and O–H groups in total. The van der Waals surface area contributed by atoms with Crippen molar-refractivity contribution in [2.45, 2.75) is 6.92 Å². The molecular weight excluding hydrogens is 458 g/mol. The number of aromatic nitrogens is 3. The summed E-state index contributed by atoms with van der Waals surface area (Å²) in [5.74, 6) is 0.0655. The SMILES string of the molecule is CC(=O)c1ccc(N2CCN(C(=O)c3ccc4c(c3)[nH]c(=S)n3c5ccccc5nc43)CC2)cc1. The zero-order chi connectivity index (χ0) is 24.1.